The minimum Gasteiger partial charge on any atom is -0.494 e. The SMILES string of the molecule is COc1ccc(Cl)c(C2(CN)CC2)c1F. The van der Waals surface area contributed by atoms with Crippen LogP contribution >= 0.6 is 11.6 Å². The van der Waals surface area contributed by atoms with Crippen LogP contribution in [-0.4, -0.2) is 13.7 Å². The van der Waals surface area contributed by atoms with Gasteiger partial charge >= 0.3 is 0 Å². The lowest BCUT2D eigenvalue weighted by Gasteiger charge is -2.17. The fourth-order valence-corrected chi connectivity index (χ4v) is 2.23. The number of hydrogen-bond acceptors (Lipinski definition) is 2. The molecule has 1 saturated carbocycles. The number of ether oxygens (including phenoxy) is 1. The molecule has 0 spiro atoms. The van der Waals surface area contributed by atoms with Gasteiger partial charge < -0.3 is 10.5 Å². The summed E-state index contributed by atoms with van der Waals surface area (Å²) in [6, 6.07) is 3.20. The topological polar surface area (TPSA) is 35.2 Å². The van der Waals surface area contributed by atoms with Crippen LogP contribution in [0.4, 0.5) is 4.39 Å². The molecule has 1 aromatic rings. The van der Waals surface area contributed by atoms with Crippen molar-refractivity contribution in [3.8, 4) is 5.75 Å². The summed E-state index contributed by atoms with van der Waals surface area (Å²) in [6.07, 6.45) is 1.79. The minimum absolute atomic E-state index is 0.231. The van der Waals surface area contributed by atoms with Gasteiger partial charge in [0.2, 0.25) is 0 Å². The number of halogens is 2. The molecule has 2 N–H and O–H groups in total. The van der Waals surface area contributed by atoms with E-state index in [2.05, 4.69) is 0 Å². The lowest BCUT2D eigenvalue weighted by Crippen LogP contribution is -2.21. The van der Waals surface area contributed by atoms with E-state index in [-0.39, 0.29) is 17.0 Å². The summed E-state index contributed by atoms with van der Waals surface area (Å²) in [4.78, 5) is 0. The molecule has 0 heterocycles. The monoisotopic (exact) mass is 229 g/mol. The van der Waals surface area contributed by atoms with Crippen molar-refractivity contribution >= 4 is 11.6 Å². The molecule has 0 unspecified atom stereocenters. The Morgan fingerprint density at radius 1 is 1.53 bits per heavy atom. The zero-order valence-corrected chi connectivity index (χ0v) is 9.27. The smallest absolute Gasteiger partial charge is 0.170 e. The zero-order valence-electron chi connectivity index (χ0n) is 8.52. The first-order valence-corrected chi connectivity index (χ1v) is 5.25. The Morgan fingerprint density at radius 2 is 2.20 bits per heavy atom. The molecule has 1 aromatic carbocycles. The lowest BCUT2D eigenvalue weighted by atomic mass is 9.95. The Kier molecular flexibility index (Phi) is 2.61. The van der Waals surface area contributed by atoms with Crippen molar-refractivity contribution in [2.45, 2.75) is 18.3 Å². The molecule has 1 aliphatic carbocycles. The molecule has 0 saturated heterocycles. The number of rotatable bonds is 3. The quantitative estimate of drug-likeness (QED) is 0.864. The molecule has 0 amide bonds. The highest BCUT2D eigenvalue weighted by Crippen LogP contribution is 2.51. The van der Waals surface area contributed by atoms with Crippen molar-refractivity contribution in [2.75, 3.05) is 13.7 Å². The van der Waals surface area contributed by atoms with Crippen LogP contribution in [0.15, 0.2) is 12.1 Å². The Bertz CT molecular complexity index is 390. The molecule has 2 nitrogen and oxygen atoms in total. The number of hydrogen-bond donors (Lipinski definition) is 1. The Hall–Kier alpha value is -0.800. The van der Waals surface area contributed by atoms with Gasteiger partial charge in [0.25, 0.3) is 0 Å². The van der Waals surface area contributed by atoms with E-state index >= 15 is 0 Å². The highest BCUT2D eigenvalue weighted by molar-refractivity contribution is 6.31. The van der Waals surface area contributed by atoms with Gasteiger partial charge in [0.05, 0.1) is 7.11 Å². The van der Waals surface area contributed by atoms with E-state index in [4.69, 9.17) is 22.1 Å². The predicted molar refractivity (Wildman–Crippen MR) is 57.9 cm³/mol. The van der Waals surface area contributed by atoms with Crippen molar-refractivity contribution < 1.29 is 9.13 Å². The summed E-state index contributed by atoms with van der Waals surface area (Å²) in [5.41, 5.74) is 5.93. The summed E-state index contributed by atoms with van der Waals surface area (Å²) in [6.45, 7) is 0.427. The highest BCUT2D eigenvalue weighted by atomic mass is 35.5. The third kappa shape index (κ3) is 1.60. The van der Waals surface area contributed by atoms with Crippen LogP contribution in [0.1, 0.15) is 18.4 Å². The predicted octanol–water partition coefficient (Wildman–Crippen LogP) is 2.48. The van der Waals surface area contributed by atoms with E-state index in [9.17, 15) is 4.39 Å². The molecule has 0 aliphatic heterocycles. The number of nitrogens with two attached hydrogens (primary N) is 1. The average Bonchev–Trinajstić information content (AvgIpc) is 2.99. The van der Waals surface area contributed by atoms with Crippen molar-refractivity contribution in [1.29, 1.82) is 0 Å². The van der Waals surface area contributed by atoms with Crippen LogP contribution < -0.4 is 10.5 Å². The van der Waals surface area contributed by atoms with Crippen LogP contribution in [-0.2, 0) is 5.41 Å². The summed E-state index contributed by atoms with van der Waals surface area (Å²) in [5.74, 6) is -0.137. The summed E-state index contributed by atoms with van der Waals surface area (Å²) < 4.78 is 18.9. The maximum atomic E-state index is 14.0. The number of methoxy groups -OCH3 is 1. The third-order valence-electron chi connectivity index (χ3n) is 3.05. The van der Waals surface area contributed by atoms with Gasteiger partial charge in [-0.15, -0.1) is 0 Å². The Balaban J connectivity index is 2.54. The fourth-order valence-electron chi connectivity index (χ4n) is 1.88. The van der Waals surface area contributed by atoms with Crippen LogP contribution in [0.3, 0.4) is 0 Å². The summed E-state index contributed by atoms with van der Waals surface area (Å²) in [5, 5.41) is 0.441. The average molecular weight is 230 g/mol. The van der Waals surface area contributed by atoms with E-state index in [0.29, 0.717) is 17.1 Å². The molecule has 4 heteroatoms. The molecule has 1 aliphatic rings. The first kappa shape index (κ1) is 10.7. The maximum Gasteiger partial charge on any atom is 0.170 e. The first-order valence-electron chi connectivity index (χ1n) is 4.87. The van der Waals surface area contributed by atoms with Crippen molar-refractivity contribution in [3.63, 3.8) is 0 Å². The van der Waals surface area contributed by atoms with Gasteiger partial charge in [-0.2, -0.15) is 0 Å². The van der Waals surface area contributed by atoms with Gasteiger partial charge in [0.15, 0.2) is 11.6 Å². The summed E-state index contributed by atoms with van der Waals surface area (Å²) >= 11 is 6.01. The van der Waals surface area contributed by atoms with Gasteiger partial charge in [-0.05, 0) is 25.0 Å². The van der Waals surface area contributed by atoms with Gasteiger partial charge in [-0.25, -0.2) is 4.39 Å². The molecular weight excluding hydrogens is 217 g/mol. The Morgan fingerprint density at radius 3 is 2.67 bits per heavy atom. The van der Waals surface area contributed by atoms with Gasteiger partial charge in [-0.1, -0.05) is 11.6 Å². The fraction of sp³-hybridized carbons (Fsp3) is 0.455. The largest absolute Gasteiger partial charge is 0.494 e. The van der Waals surface area contributed by atoms with Gasteiger partial charge in [0.1, 0.15) is 0 Å². The molecule has 0 aromatic heterocycles. The zero-order chi connectivity index (χ0) is 11.1. The molecule has 1 fully saturated rings. The van der Waals surface area contributed by atoms with Crippen LogP contribution in [0.2, 0.25) is 5.02 Å². The van der Waals surface area contributed by atoms with E-state index in [1.54, 1.807) is 6.07 Å². The van der Waals surface area contributed by atoms with E-state index < -0.39 is 0 Å². The van der Waals surface area contributed by atoms with Crippen molar-refractivity contribution in [1.82, 2.24) is 0 Å². The summed E-state index contributed by atoms with van der Waals surface area (Å²) in [7, 11) is 1.44. The molecule has 82 valence electrons. The maximum absolute atomic E-state index is 14.0. The minimum atomic E-state index is -0.368. The van der Waals surface area contributed by atoms with Crippen molar-refractivity contribution in [3.05, 3.63) is 28.5 Å². The Labute approximate surface area is 93.2 Å². The second-order valence-electron chi connectivity index (χ2n) is 3.92. The van der Waals surface area contributed by atoms with Crippen LogP contribution in [0.5, 0.6) is 5.75 Å². The molecular formula is C11H13ClFNO. The standard InChI is InChI=1S/C11H13ClFNO/c1-15-8-3-2-7(12)9(10(8)13)11(6-14)4-5-11/h2-3H,4-6,14H2,1H3. The second kappa shape index (κ2) is 3.65. The van der Waals surface area contributed by atoms with Crippen LogP contribution in [0.25, 0.3) is 0 Å². The normalized spacial score (nSPS) is 17.6. The van der Waals surface area contributed by atoms with E-state index in [1.807, 2.05) is 0 Å². The molecule has 0 radical (unpaired) electrons. The molecule has 15 heavy (non-hydrogen) atoms. The van der Waals surface area contributed by atoms with E-state index in [0.717, 1.165) is 12.8 Å². The van der Waals surface area contributed by atoms with Gasteiger partial charge in [0, 0.05) is 22.5 Å². The van der Waals surface area contributed by atoms with Crippen LogP contribution in [0, 0.1) is 5.82 Å². The molecule has 0 bridgehead atoms. The highest BCUT2D eigenvalue weighted by Gasteiger charge is 2.46. The van der Waals surface area contributed by atoms with Crippen molar-refractivity contribution in [2.24, 2.45) is 5.73 Å². The lowest BCUT2D eigenvalue weighted by molar-refractivity contribution is 0.381. The van der Waals surface area contributed by atoms with E-state index in [1.165, 1.54) is 13.2 Å². The first-order chi connectivity index (χ1) is 7.14. The molecule has 2 rings (SSSR count). The molecule has 0 atom stereocenters. The number of benzene rings is 1. The van der Waals surface area contributed by atoms with Gasteiger partial charge in [-0.3, -0.25) is 0 Å². The second-order valence-corrected chi connectivity index (χ2v) is 4.33. The third-order valence-corrected chi connectivity index (χ3v) is 3.37.